The minimum Gasteiger partial charge on any atom is -0.359 e. The van der Waals surface area contributed by atoms with Crippen LogP contribution in [0, 0.1) is 5.92 Å². The van der Waals surface area contributed by atoms with E-state index in [9.17, 15) is 0 Å². The third-order valence-corrected chi connectivity index (χ3v) is 4.67. The lowest BCUT2D eigenvalue weighted by Crippen LogP contribution is -2.15. The van der Waals surface area contributed by atoms with Gasteiger partial charge in [-0.1, -0.05) is 25.1 Å². The summed E-state index contributed by atoms with van der Waals surface area (Å²) in [5.74, 6) is 1.04. The summed E-state index contributed by atoms with van der Waals surface area (Å²) in [6, 6.07) is 7.73. The van der Waals surface area contributed by atoms with E-state index in [4.69, 9.17) is 10.3 Å². The Kier molecular flexibility index (Phi) is 4.25. The smallest absolute Gasteiger partial charge is 0.154 e. The topological polar surface area (TPSA) is 52.0 Å². The number of benzene rings is 1. The summed E-state index contributed by atoms with van der Waals surface area (Å²) in [7, 11) is 0. The van der Waals surface area contributed by atoms with Crippen molar-refractivity contribution in [3.8, 4) is 11.3 Å². The lowest BCUT2D eigenvalue weighted by atomic mass is 10.0. The van der Waals surface area contributed by atoms with Crippen molar-refractivity contribution in [1.29, 1.82) is 0 Å². The molecule has 1 unspecified atom stereocenters. The first kappa shape index (κ1) is 13.8. The van der Waals surface area contributed by atoms with E-state index in [1.807, 2.05) is 24.3 Å². The summed E-state index contributed by atoms with van der Waals surface area (Å²) in [6.45, 7) is 4.12. The molecule has 2 N–H and O–H groups in total. The van der Waals surface area contributed by atoms with E-state index in [0.717, 1.165) is 26.0 Å². The molecule has 96 valence electrons. The van der Waals surface area contributed by atoms with Crippen molar-refractivity contribution < 1.29 is 4.52 Å². The second-order valence-corrected chi connectivity index (χ2v) is 6.22. The Bertz CT molecular complexity index is 552. The highest BCUT2D eigenvalue weighted by atomic mass is 79.9. The van der Waals surface area contributed by atoms with Crippen LogP contribution >= 0.6 is 31.9 Å². The van der Waals surface area contributed by atoms with Crippen LogP contribution in [0.3, 0.4) is 0 Å². The zero-order valence-corrected chi connectivity index (χ0v) is 13.3. The minimum atomic E-state index is -0.120. The Morgan fingerprint density at radius 1 is 1.17 bits per heavy atom. The molecule has 0 aliphatic carbocycles. The molecule has 2 aromatic rings. The highest BCUT2D eigenvalue weighted by molar-refractivity contribution is 9.13. The Hall–Kier alpha value is -0.650. The SMILES string of the molecule is CC(C)C(N)c1cc(-c2ccc(Br)c(Br)c2)no1. The molecule has 1 aromatic carbocycles. The first-order valence-corrected chi connectivity index (χ1v) is 7.25. The largest absolute Gasteiger partial charge is 0.359 e. The number of hydrogen-bond acceptors (Lipinski definition) is 3. The Labute approximate surface area is 123 Å². The van der Waals surface area contributed by atoms with Crippen molar-refractivity contribution in [3.63, 3.8) is 0 Å². The molecule has 1 atom stereocenters. The van der Waals surface area contributed by atoms with E-state index in [1.165, 1.54) is 0 Å². The molecule has 18 heavy (non-hydrogen) atoms. The second-order valence-electron chi connectivity index (χ2n) is 4.51. The van der Waals surface area contributed by atoms with Gasteiger partial charge >= 0.3 is 0 Å². The van der Waals surface area contributed by atoms with Gasteiger partial charge in [-0.25, -0.2) is 0 Å². The zero-order valence-electron chi connectivity index (χ0n) is 10.2. The molecular formula is C13H14Br2N2O. The molecule has 1 heterocycles. The summed E-state index contributed by atoms with van der Waals surface area (Å²) < 4.78 is 7.30. The zero-order chi connectivity index (χ0) is 13.3. The highest BCUT2D eigenvalue weighted by Gasteiger charge is 2.17. The average Bonchev–Trinajstić information content (AvgIpc) is 2.81. The second kappa shape index (κ2) is 5.55. The highest BCUT2D eigenvalue weighted by Crippen LogP contribution is 2.30. The maximum absolute atomic E-state index is 6.03. The molecule has 0 saturated carbocycles. The number of aromatic nitrogens is 1. The van der Waals surface area contributed by atoms with Crippen molar-refractivity contribution in [1.82, 2.24) is 5.16 Å². The summed E-state index contributed by atoms with van der Waals surface area (Å²) in [5, 5.41) is 4.07. The van der Waals surface area contributed by atoms with Crippen LogP contribution in [-0.2, 0) is 0 Å². The summed E-state index contributed by atoms with van der Waals surface area (Å²) in [6.07, 6.45) is 0. The summed E-state index contributed by atoms with van der Waals surface area (Å²) in [4.78, 5) is 0. The van der Waals surface area contributed by atoms with Crippen LogP contribution < -0.4 is 5.73 Å². The molecule has 1 aromatic heterocycles. The van der Waals surface area contributed by atoms with Gasteiger partial charge in [0.15, 0.2) is 5.76 Å². The van der Waals surface area contributed by atoms with Gasteiger partial charge in [0.1, 0.15) is 5.69 Å². The Morgan fingerprint density at radius 3 is 2.50 bits per heavy atom. The fraction of sp³-hybridized carbons (Fsp3) is 0.308. The van der Waals surface area contributed by atoms with Gasteiger partial charge in [-0.05, 0) is 49.9 Å². The molecule has 0 spiro atoms. The molecule has 5 heteroatoms. The van der Waals surface area contributed by atoms with Gasteiger partial charge in [-0.15, -0.1) is 0 Å². The number of halogens is 2. The molecule has 0 bridgehead atoms. The first-order chi connectivity index (χ1) is 8.49. The van der Waals surface area contributed by atoms with E-state index in [2.05, 4.69) is 50.9 Å². The van der Waals surface area contributed by atoms with Crippen molar-refractivity contribution in [2.75, 3.05) is 0 Å². The standard InChI is InChI=1S/C13H14Br2N2O/c1-7(2)13(16)12-6-11(17-18-12)8-3-4-9(14)10(15)5-8/h3-7,13H,16H2,1-2H3. The van der Waals surface area contributed by atoms with Crippen molar-refractivity contribution in [3.05, 3.63) is 39.0 Å². The van der Waals surface area contributed by atoms with Crippen LogP contribution in [-0.4, -0.2) is 5.16 Å². The van der Waals surface area contributed by atoms with Gasteiger partial charge in [-0.2, -0.15) is 0 Å². The van der Waals surface area contributed by atoms with Crippen LogP contribution in [0.1, 0.15) is 25.6 Å². The van der Waals surface area contributed by atoms with E-state index < -0.39 is 0 Å². The van der Waals surface area contributed by atoms with Crippen LogP contribution in [0.4, 0.5) is 0 Å². The van der Waals surface area contributed by atoms with Gasteiger partial charge in [0.2, 0.25) is 0 Å². The van der Waals surface area contributed by atoms with Gasteiger partial charge < -0.3 is 10.3 Å². The predicted octanol–water partition coefficient (Wildman–Crippen LogP) is 4.52. The molecular weight excluding hydrogens is 360 g/mol. The van der Waals surface area contributed by atoms with Gasteiger partial charge in [-0.3, -0.25) is 0 Å². The molecule has 0 aliphatic rings. The summed E-state index contributed by atoms with van der Waals surface area (Å²) >= 11 is 6.91. The maximum atomic E-state index is 6.03. The van der Waals surface area contributed by atoms with E-state index >= 15 is 0 Å². The molecule has 0 fully saturated rings. The Balaban J connectivity index is 2.32. The Morgan fingerprint density at radius 2 is 1.89 bits per heavy atom. The third-order valence-electron chi connectivity index (χ3n) is 2.79. The number of nitrogens with two attached hydrogens (primary N) is 1. The van der Waals surface area contributed by atoms with E-state index in [1.54, 1.807) is 0 Å². The van der Waals surface area contributed by atoms with Crippen LogP contribution in [0.15, 0.2) is 37.7 Å². The van der Waals surface area contributed by atoms with Crippen LogP contribution in [0.5, 0.6) is 0 Å². The fourth-order valence-corrected chi connectivity index (χ4v) is 2.19. The number of hydrogen-bond donors (Lipinski definition) is 1. The maximum Gasteiger partial charge on any atom is 0.154 e. The molecule has 0 saturated heterocycles. The monoisotopic (exact) mass is 372 g/mol. The molecule has 0 amide bonds. The normalized spacial score (nSPS) is 13.0. The molecule has 0 radical (unpaired) electrons. The van der Waals surface area contributed by atoms with Crippen molar-refractivity contribution in [2.45, 2.75) is 19.9 Å². The van der Waals surface area contributed by atoms with E-state index in [0.29, 0.717) is 5.92 Å². The first-order valence-electron chi connectivity index (χ1n) is 5.66. The van der Waals surface area contributed by atoms with Crippen molar-refractivity contribution >= 4 is 31.9 Å². The summed E-state index contributed by atoms with van der Waals surface area (Å²) in [5.41, 5.74) is 7.83. The van der Waals surface area contributed by atoms with Gasteiger partial charge in [0.25, 0.3) is 0 Å². The van der Waals surface area contributed by atoms with E-state index in [-0.39, 0.29) is 6.04 Å². The molecule has 2 rings (SSSR count). The fourth-order valence-electron chi connectivity index (χ4n) is 1.57. The van der Waals surface area contributed by atoms with Gasteiger partial charge in [0, 0.05) is 20.6 Å². The van der Waals surface area contributed by atoms with Crippen molar-refractivity contribution in [2.24, 2.45) is 11.7 Å². The minimum absolute atomic E-state index is 0.120. The predicted molar refractivity (Wildman–Crippen MR) is 79.1 cm³/mol. The van der Waals surface area contributed by atoms with Crippen LogP contribution in [0.25, 0.3) is 11.3 Å². The quantitative estimate of drug-likeness (QED) is 0.860. The van der Waals surface area contributed by atoms with Gasteiger partial charge in [0.05, 0.1) is 6.04 Å². The lowest BCUT2D eigenvalue weighted by molar-refractivity contribution is 0.333. The molecule has 3 nitrogen and oxygen atoms in total. The average molecular weight is 374 g/mol. The molecule has 0 aliphatic heterocycles. The third kappa shape index (κ3) is 2.84. The van der Waals surface area contributed by atoms with Crippen LogP contribution in [0.2, 0.25) is 0 Å². The lowest BCUT2D eigenvalue weighted by Gasteiger charge is -2.10. The number of rotatable bonds is 3. The number of nitrogens with zero attached hydrogens (tertiary/aromatic N) is 1.